The molecule has 2 aromatic rings. The number of hydrogen-bond acceptors (Lipinski definition) is 2. The number of aryl methyl sites for hydroxylation is 2. The minimum Gasteiger partial charge on any atom is -0.458 e. The van der Waals surface area contributed by atoms with E-state index < -0.39 is 5.41 Å². The summed E-state index contributed by atoms with van der Waals surface area (Å²) in [5.41, 5.74) is 1.45. The lowest BCUT2D eigenvalue weighted by molar-refractivity contribution is 0.0879. The van der Waals surface area contributed by atoms with Gasteiger partial charge in [-0.1, -0.05) is 30.3 Å². The molecule has 0 saturated heterocycles. The van der Waals surface area contributed by atoms with Crippen LogP contribution in [-0.4, -0.2) is 5.78 Å². The van der Waals surface area contributed by atoms with Crippen LogP contribution in [0.2, 0.25) is 0 Å². The van der Waals surface area contributed by atoms with Crippen LogP contribution < -0.4 is 0 Å². The number of carbonyl (C=O) groups is 1. The van der Waals surface area contributed by atoms with Crippen LogP contribution in [0.1, 0.15) is 41.3 Å². The van der Waals surface area contributed by atoms with E-state index in [2.05, 4.69) is 0 Å². The van der Waals surface area contributed by atoms with Gasteiger partial charge < -0.3 is 4.42 Å². The summed E-state index contributed by atoms with van der Waals surface area (Å²) in [4.78, 5) is 12.5. The number of furan rings is 1. The van der Waals surface area contributed by atoms with E-state index in [0.29, 0.717) is 5.76 Å². The molecule has 2 rings (SSSR count). The van der Waals surface area contributed by atoms with Crippen molar-refractivity contribution in [2.75, 3.05) is 0 Å². The van der Waals surface area contributed by atoms with Crippen LogP contribution in [0, 0.1) is 13.8 Å². The van der Waals surface area contributed by atoms with Gasteiger partial charge in [-0.2, -0.15) is 0 Å². The maximum atomic E-state index is 12.5. The first kappa shape index (κ1) is 12.6. The third kappa shape index (κ3) is 2.10. The Bertz CT molecular complexity index is 543. The Kier molecular flexibility index (Phi) is 3.12. The van der Waals surface area contributed by atoms with Gasteiger partial charge in [0.15, 0.2) is 5.76 Å². The van der Waals surface area contributed by atoms with Gasteiger partial charge in [0.2, 0.25) is 5.78 Å². The second kappa shape index (κ2) is 4.45. The van der Waals surface area contributed by atoms with Crippen LogP contribution in [0.15, 0.2) is 40.8 Å². The monoisotopic (exact) mass is 242 g/mol. The van der Waals surface area contributed by atoms with E-state index in [0.717, 1.165) is 16.9 Å². The zero-order valence-electron chi connectivity index (χ0n) is 11.3. The van der Waals surface area contributed by atoms with Crippen LogP contribution in [0.4, 0.5) is 0 Å². The van der Waals surface area contributed by atoms with Crippen molar-refractivity contribution in [2.24, 2.45) is 0 Å². The lowest BCUT2D eigenvalue weighted by atomic mass is 9.79. The summed E-state index contributed by atoms with van der Waals surface area (Å²) in [5.74, 6) is 1.27. The molecular formula is C16H18O2. The molecule has 1 aromatic carbocycles. The Morgan fingerprint density at radius 2 is 1.72 bits per heavy atom. The predicted octanol–water partition coefficient (Wildman–Crippen LogP) is 4.06. The van der Waals surface area contributed by atoms with Crippen molar-refractivity contribution in [1.82, 2.24) is 0 Å². The lowest BCUT2D eigenvalue weighted by Crippen LogP contribution is -2.28. The minimum atomic E-state index is -0.571. The molecule has 0 unspecified atom stereocenters. The summed E-state index contributed by atoms with van der Waals surface area (Å²) in [6.07, 6.45) is 0. The Labute approximate surface area is 108 Å². The average Bonchev–Trinajstić information content (AvgIpc) is 2.69. The largest absolute Gasteiger partial charge is 0.458 e. The highest BCUT2D eigenvalue weighted by atomic mass is 16.3. The van der Waals surface area contributed by atoms with Gasteiger partial charge in [-0.3, -0.25) is 4.79 Å². The van der Waals surface area contributed by atoms with E-state index in [9.17, 15) is 4.79 Å². The van der Waals surface area contributed by atoms with E-state index >= 15 is 0 Å². The summed E-state index contributed by atoms with van der Waals surface area (Å²) in [5, 5.41) is 0. The van der Waals surface area contributed by atoms with E-state index in [-0.39, 0.29) is 5.78 Å². The normalized spacial score (nSPS) is 11.6. The first-order valence-electron chi connectivity index (χ1n) is 6.10. The van der Waals surface area contributed by atoms with Gasteiger partial charge >= 0.3 is 0 Å². The molecule has 0 radical (unpaired) electrons. The zero-order chi connectivity index (χ0) is 13.3. The van der Waals surface area contributed by atoms with Gasteiger partial charge in [-0.05, 0) is 44.9 Å². The third-order valence-corrected chi connectivity index (χ3v) is 3.45. The number of Topliss-reactive ketones (excluding diaryl/α,β-unsaturated/α-hetero) is 1. The fraction of sp³-hybridized carbons (Fsp3) is 0.312. The van der Waals surface area contributed by atoms with Gasteiger partial charge in [-0.15, -0.1) is 0 Å². The number of rotatable bonds is 3. The summed E-state index contributed by atoms with van der Waals surface area (Å²) in [7, 11) is 0. The second-order valence-corrected chi connectivity index (χ2v) is 5.17. The van der Waals surface area contributed by atoms with Crippen molar-refractivity contribution in [3.63, 3.8) is 0 Å². The standard InChI is InChI=1S/C16H18O2/c1-11-10-14(18-12(11)2)15(17)16(3,4)13-8-6-5-7-9-13/h5-10H,1-4H3. The number of benzene rings is 1. The van der Waals surface area contributed by atoms with Gasteiger partial charge in [0.1, 0.15) is 5.76 Å². The highest BCUT2D eigenvalue weighted by Gasteiger charge is 2.32. The number of carbonyl (C=O) groups excluding carboxylic acids is 1. The van der Waals surface area contributed by atoms with E-state index in [4.69, 9.17) is 4.42 Å². The first-order valence-corrected chi connectivity index (χ1v) is 6.10. The molecule has 0 aliphatic heterocycles. The number of hydrogen-bond donors (Lipinski definition) is 0. The van der Waals surface area contributed by atoms with Crippen LogP contribution in [0.5, 0.6) is 0 Å². The van der Waals surface area contributed by atoms with Crippen LogP contribution in [0.25, 0.3) is 0 Å². The van der Waals surface area contributed by atoms with Crippen molar-refractivity contribution >= 4 is 5.78 Å². The fourth-order valence-electron chi connectivity index (χ4n) is 1.98. The maximum Gasteiger partial charge on any atom is 0.207 e. The van der Waals surface area contributed by atoms with E-state index in [1.807, 2.05) is 64.1 Å². The summed E-state index contributed by atoms with van der Waals surface area (Å²) in [6, 6.07) is 11.6. The Hall–Kier alpha value is -1.83. The number of ketones is 1. The van der Waals surface area contributed by atoms with Gasteiger partial charge in [0.25, 0.3) is 0 Å². The second-order valence-electron chi connectivity index (χ2n) is 5.17. The average molecular weight is 242 g/mol. The van der Waals surface area contributed by atoms with Crippen molar-refractivity contribution in [3.8, 4) is 0 Å². The molecule has 18 heavy (non-hydrogen) atoms. The highest BCUT2D eigenvalue weighted by Crippen LogP contribution is 2.29. The van der Waals surface area contributed by atoms with Gasteiger partial charge in [0, 0.05) is 0 Å². The van der Waals surface area contributed by atoms with Gasteiger partial charge in [-0.25, -0.2) is 0 Å². The topological polar surface area (TPSA) is 30.2 Å². The molecule has 0 aliphatic rings. The molecule has 94 valence electrons. The van der Waals surface area contributed by atoms with Crippen molar-refractivity contribution < 1.29 is 9.21 Å². The van der Waals surface area contributed by atoms with Crippen LogP contribution in [-0.2, 0) is 5.41 Å². The molecule has 1 aromatic heterocycles. The third-order valence-electron chi connectivity index (χ3n) is 3.45. The molecule has 0 atom stereocenters. The molecule has 0 bridgehead atoms. The first-order chi connectivity index (χ1) is 8.43. The van der Waals surface area contributed by atoms with Crippen molar-refractivity contribution in [3.05, 3.63) is 59.0 Å². The van der Waals surface area contributed by atoms with Gasteiger partial charge in [0.05, 0.1) is 5.41 Å². The highest BCUT2D eigenvalue weighted by molar-refractivity contribution is 6.01. The van der Waals surface area contributed by atoms with Crippen molar-refractivity contribution in [2.45, 2.75) is 33.1 Å². The molecule has 2 heteroatoms. The molecule has 0 spiro atoms. The smallest absolute Gasteiger partial charge is 0.207 e. The zero-order valence-corrected chi connectivity index (χ0v) is 11.3. The van der Waals surface area contributed by atoms with Crippen LogP contribution >= 0.6 is 0 Å². The molecule has 0 amide bonds. The molecule has 2 nitrogen and oxygen atoms in total. The molecule has 0 aliphatic carbocycles. The molecule has 1 heterocycles. The summed E-state index contributed by atoms with van der Waals surface area (Å²) in [6.45, 7) is 7.68. The maximum absolute atomic E-state index is 12.5. The summed E-state index contributed by atoms with van der Waals surface area (Å²) < 4.78 is 5.53. The van der Waals surface area contributed by atoms with Crippen LogP contribution in [0.3, 0.4) is 0 Å². The Balaban J connectivity index is 2.39. The van der Waals surface area contributed by atoms with E-state index in [1.165, 1.54) is 0 Å². The van der Waals surface area contributed by atoms with Crippen molar-refractivity contribution in [1.29, 1.82) is 0 Å². The molecule has 0 N–H and O–H groups in total. The minimum absolute atomic E-state index is 0.0184. The Morgan fingerprint density at radius 3 is 2.22 bits per heavy atom. The molecule has 0 saturated carbocycles. The SMILES string of the molecule is Cc1cc(C(=O)C(C)(C)c2ccccc2)oc1C. The molecule has 0 fully saturated rings. The summed E-state index contributed by atoms with van der Waals surface area (Å²) >= 11 is 0. The fourth-order valence-corrected chi connectivity index (χ4v) is 1.98. The Morgan fingerprint density at radius 1 is 1.11 bits per heavy atom. The lowest BCUT2D eigenvalue weighted by Gasteiger charge is -2.22. The quantitative estimate of drug-likeness (QED) is 0.760. The molecular weight excluding hydrogens is 224 g/mol. The van der Waals surface area contributed by atoms with E-state index in [1.54, 1.807) is 0 Å². The predicted molar refractivity (Wildman–Crippen MR) is 72.0 cm³/mol.